The third-order valence-corrected chi connectivity index (χ3v) is 1.92. The van der Waals surface area contributed by atoms with Gasteiger partial charge in [0.05, 0.1) is 26.4 Å². The number of ether oxygens (including phenoxy) is 4. The van der Waals surface area contributed by atoms with Gasteiger partial charge >= 0.3 is 5.97 Å². The molecule has 2 fully saturated rings. The number of carbonyl (C=O) groups is 1. The highest BCUT2D eigenvalue weighted by Crippen LogP contribution is 2.08. The van der Waals surface area contributed by atoms with Gasteiger partial charge in [-0.25, -0.2) is 4.79 Å². The lowest BCUT2D eigenvalue weighted by Gasteiger charge is -1.94. The summed E-state index contributed by atoms with van der Waals surface area (Å²) in [5, 5.41) is 0. The van der Waals surface area contributed by atoms with E-state index in [2.05, 4.69) is 17.9 Å². The molecule has 2 atom stereocenters. The van der Waals surface area contributed by atoms with E-state index in [-0.39, 0.29) is 12.1 Å². The van der Waals surface area contributed by atoms with E-state index < -0.39 is 0 Å². The molecule has 17 heavy (non-hydrogen) atoms. The highest BCUT2D eigenvalue weighted by Gasteiger charge is 2.23. The van der Waals surface area contributed by atoms with E-state index in [0.29, 0.717) is 25.9 Å². The Morgan fingerprint density at radius 2 is 1.82 bits per heavy atom. The molecule has 2 aliphatic rings. The van der Waals surface area contributed by atoms with Crippen LogP contribution in [0.15, 0.2) is 25.3 Å². The molecule has 0 N–H and O–H groups in total. The van der Waals surface area contributed by atoms with Gasteiger partial charge in [-0.15, -0.1) is 6.58 Å². The molecule has 0 aliphatic carbocycles. The maximum Gasteiger partial charge on any atom is 0.330 e. The van der Waals surface area contributed by atoms with Crippen LogP contribution in [0, 0.1) is 0 Å². The van der Waals surface area contributed by atoms with Gasteiger partial charge in [0, 0.05) is 6.08 Å². The summed E-state index contributed by atoms with van der Waals surface area (Å²) in [7, 11) is 0. The second-order valence-corrected chi connectivity index (χ2v) is 3.57. The zero-order chi connectivity index (χ0) is 12.5. The lowest BCUT2D eigenvalue weighted by molar-refractivity contribution is -0.138. The first-order chi connectivity index (χ1) is 8.26. The zero-order valence-corrected chi connectivity index (χ0v) is 9.80. The summed E-state index contributed by atoms with van der Waals surface area (Å²) in [6, 6.07) is 0. The Morgan fingerprint density at radius 1 is 1.24 bits per heavy atom. The fourth-order valence-corrected chi connectivity index (χ4v) is 0.845. The highest BCUT2D eigenvalue weighted by atomic mass is 16.6. The van der Waals surface area contributed by atoms with Gasteiger partial charge in [-0.3, -0.25) is 0 Å². The van der Waals surface area contributed by atoms with Crippen molar-refractivity contribution in [3.8, 4) is 0 Å². The molecule has 5 heteroatoms. The summed E-state index contributed by atoms with van der Waals surface area (Å²) in [5.41, 5.74) is 0. The fourth-order valence-electron chi connectivity index (χ4n) is 0.845. The molecule has 0 bridgehead atoms. The molecule has 0 saturated carbocycles. The van der Waals surface area contributed by atoms with Crippen LogP contribution in [-0.2, 0) is 23.7 Å². The van der Waals surface area contributed by atoms with Gasteiger partial charge in [-0.2, -0.15) is 0 Å². The molecule has 2 aliphatic heterocycles. The van der Waals surface area contributed by atoms with Crippen molar-refractivity contribution >= 4 is 5.97 Å². The van der Waals surface area contributed by atoms with Gasteiger partial charge < -0.3 is 18.9 Å². The molecule has 2 unspecified atom stereocenters. The molecule has 96 valence electrons. The van der Waals surface area contributed by atoms with Gasteiger partial charge in [0.1, 0.15) is 18.8 Å². The maximum atomic E-state index is 10.3. The van der Waals surface area contributed by atoms with Gasteiger partial charge in [0.25, 0.3) is 0 Å². The largest absolute Gasteiger partial charge is 0.460 e. The quantitative estimate of drug-likeness (QED) is 0.216. The maximum absolute atomic E-state index is 10.3. The van der Waals surface area contributed by atoms with Crippen molar-refractivity contribution in [2.75, 3.05) is 33.0 Å². The van der Waals surface area contributed by atoms with Crippen LogP contribution < -0.4 is 0 Å². The molecule has 2 rings (SSSR count). The minimum atomic E-state index is -0.384. The summed E-state index contributed by atoms with van der Waals surface area (Å²) in [5.74, 6) is -0.384. The van der Waals surface area contributed by atoms with Crippen LogP contribution in [0.25, 0.3) is 0 Å². The minimum Gasteiger partial charge on any atom is -0.460 e. The van der Waals surface area contributed by atoms with E-state index in [1.165, 1.54) is 0 Å². The summed E-state index contributed by atoms with van der Waals surface area (Å²) in [6.07, 6.45) is 3.41. The average Bonchev–Trinajstić information content (AvgIpc) is 3.20. The van der Waals surface area contributed by atoms with E-state index in [1.807, 2.05) is 0 Å². The Balaban J connectivity index is 0.000000171. The van der Waals surface area contributed by atoms with Crippen LogP contribution in [0.5, 0.6) is 0 Å². The molecule has 0 spiro atoms. The molecular formula is C12H18O5. The first kappa shape index (κ1) is 13.9. The van der Waals surface area contributed by atoms with E-state index in [9.17, 15) is 4.79 Å². The standard InChI is InChI=1S/C6H8O3.C6H10O2/c1-2-6(7)9-4-5-3-8-5;1-2-3-7-4-6-5-8-6/h2,5H,1,3-4H2;2,6H,1,3-5H2. The molecule has 0 amide bonds. The van der Waals surface area contributed by atoms with Gasteiger partial charge in [-0.1, -0.05) is 12.7 Å². The normalized spacial score (nSPS) is 24.0. The van der Waals surface area contributed by atoms with Crippen LogP contribution in [0.2, 0.25) is 0 Å². The average molecular weight is 242 g/mol. The third kappa shape index (κ3) is 8.62. The van der Waals surface area contributed by atoms with Crippen molar-refractivity contribution in [3.05, 3.63) is 25.3 Å². The fraction of sp³-hybridized carbons (Fsp3) is 0.583. The number of carbonyl (C=O) groups excluding carboxylic acids is 1. The molecule has 0 radical (unpaired) electrons. The molecule has 0 aromatic rings. The predicted molar refractivity (Wildman–Crippen MR) is 61.7 cm³/mol. The van der Waals surface area contributed by atoms with Crippen LogP contribution in [-0.4, -0.2) is 51.2 Å². The van der Waals surface area contributed by atoms with Crippen molar-refractivity contribution in [1.29, 1.82) is 0 Å². The predicted octanol–water partition coefficient (Wildman–Crippen LogP) is 0.702. The topological polar surface area (TPSA) is 60.6 Å². The first-order valence-corrected chi connectivity index (χ1v) is 5.47. The summed E-state index contributed by atoms with van der Waals surface area (Å²) in [4.78, 5) is 10.3. The lowest BCUT2D eigenvalue weighted by atomic mass is 10.5. The van der Waals surface area contributed by atoms with E-state index in [1.54, 1.807) is 6.08 Å². The van der Waals surface area contributed by atoms with E-state index >= 15 is 0 Å². The summed E-state index contributed by atoms with van der Waals surface area (Å²) < 4.78 is 19.4. The van der Waals surface area contributed by atoms with Crippen LogP contribution in [0.1, 0.15) is 0 Å². The molecule has 2 heterocycles. The second kappa shape index (κ2) is 8.00. The smallest absolute Gasteiger partial charge is 0.330 e. The van der Waals surface area contributed by atoms with Gasteiger partial charge in [-0.05, 0) is 0 Å². The monoisotopic (exact) mass is 242 g/mol. The SMILES string of the molecule is C=CC(=O)OCC1CO1.C=CCOCC1CO1. The van der Waals surface area contributed by atoms with Gasteiger partial charge in [0.2, 0.25) is 0 Å². The van der Waals surface area contributed by atoms with Crippen molar-refractivity contribution in [2.45, 2.75) is 12.2 Å². The summed E-state index contributed by atoms with van der Waals surface area (Å²) >= 11 is 0. The van der Waals surface area contributed by atoms with Crippen LogP contribution in [0.3, 0.4) is 0 Å². The van der Waals surface area contributed by atoms with Crippen LogP contribution in [0.4, 0.5) is 0 Å². The number of hydrogen-bond donors (Lipinski definition) is 0. The molecule has 0 aromatic carbocycles. The zero-order valence-electron chi connectivity index (χ0n) is 9.80. The molecule has 0 aromatic heterocycles. The van der Waals surface area contributed by atoms with Crippen molar-refractivity contribution in [3.63, 3.8) is 0 Å². The molecular weight excluding hydrogens is 224 g/mol. The first-order valence-electron chi connectivity index (χ1n) is 5.47. The van der Waals surface area contributed by atoms with Crippen molar-refractivity contribution in [2.24, 2.45) is 0 Å². The van der Waals surface area contributed by atoms with E-state index in [4.69, 9.17) is 14.2 Å². The number of hydrogen-bond acceptors (Lipinski definition) is 5. The van der Waals surface area contributed by atoms with E-state index in [0.717, 1.165) is 19.3 Å². The highest BCUT2D eigenvalue weighted by molar-refractivity contribution is 5.81. The summed E-state index contributed by atoms with van der Waals surface area (Å²) in [6.45, 7) is 10.1. The Hall–Kier alpha value is -1.17. The number of epoxide rings is 2. The molecule has 5 nitrogen and oxygen atoms in total. The Bertz CT molecular complexity index is 256. The van der Waals surface area contributed by atoms with Crippen LogP contribution >= 0.6 is 0 Å². The lowest BCUT2D eigenvalue weighted by Crippen LogP contribution is -2.06. The number of rotatable bonds is 7. The Morgan fingerprint density at radius 3 is 2.29 bits per heavy atom. The Labute approximate surface area is 101 Å². The van der Waals surface area contributed by atoms with Gasteiger partial charge in [0.15, 0.2) is 0 Å². The van der Waals surface area contributed by atoms with Crippen molar-refractivity contribution in [1.82, 2.24) is 0 Å². The number of esters is 1. The Kier molecular flexibility index (Phi) is 6.54. The van der Waals surface area contributed by atoms with Crippen molar-refractivity contribution < 1.29 is 23.7 Å². The minimum absolute atomic E-state index is 0.147. The third-order valence-electron chi connectivity index (χ3n) is 1.92. The molecule has 2 saturated heterocycles. The second-order valence-electron chi connectivity index (χ2n) is 3.57.